The lowest BCUT2D eigenvalue weighted by atomic mass is 9.94. The van der Waals surface area contributed by atoms with E-state index in [9.17, 15) is 9.59 Å². The number of carbonyl (C=O) groups is 2. The molecule has 2 aliphatic heterocycles. The van der Waals surface area contributed by atoms with E-state index in [1.807, 2.05) is 35.8 Å². The van der Waals surface area contributed by atoms with E-state index >= 15 is 0 Å². The van der Waals surface area contributed by atoms with Gasteiger partial charge in [-0.2, -0.15) is 0 Å². The molecular weight excluding hydrogens is 350 g/mol. The molecule has 144 valence electrons. The number of nitrogens with one attached hydrogen (secondary N) is 1. The molecule has 26 heavy (non-hydrogen) atoms. The predicted molar refractivity (Wildman–Crippen MR) is 106 cm³/mol. The lowest BCUT2D eigenvalue weighted by Crippen LogP contribution is -2.55. The molecule has 2 amide bonds. The lowest BCUT2D eigenvalue weighted by Gasteiger charge is -2.39. The van der Waals surface area contributed by atoms with Gasteiger partial charge in [-0.05, 0) is 45.7 Å². The van der Waals surface area contributed by atoms with E-state index in [0.29, 0.717) is 6.54 Å². The molecule has 6 heteroatoms. The highest BCUT2D eigenvalue weighted by Gasteiger charge is 2.34. The van der Waals surface area contributed by atoms with Crippen LogP contribution in [0.2, 0.25) is 0 Å². The third-order valence-electron chi connectivity index (χ3n) is 5.31. The van der Waals surface area contributed by atoms with Crippen molar-refractivity contribution >= 4 is 24.2 Å². The van der Waals surface area contributed by atoms with E-state index in [1.54, 1.807) is 0 Å². The molecule has 2 unspecified atom stereocenters. The number of carbonyl (C=O) groups excluding carboxylic acids is 2. The van der Waals surface area contributed by atoms with Gasteiger partial charge >= 0.3 is 0 Å². The zero-order valence-corrected chi connectivity index (χ0v) is 16.8. The molecule has 2 aliphatic rings. The van der Waals surface area contributed by atoms with Gasteiger partial charge in [-0.15, -0.1) is 12.4 Å². The molecule has 0 saturated carbocycles. The molecule has 0 spiro atoms. The van der Waals surface area contributed by atoms with E-state index in [2.05, 4.69) is 18.3 Å². The molecule has 0 aliphatic carbocycles. The molecule has 2 atom stereocenters. The van der Waals surface area contributed by atoms with Gasteiger partial charge in [0.25, 0.3) is 5.91 Å². The summed E-state index contributed by atoms with van der Waals surface area (Å²) in [6.45, 7) is 9.87. The van der Waals surface area contributed by atoms with Gasteiger partial charge in [0, 0.05) is 44.3 Å². The van der Waals surface area contributed by atoms with Crippen LogP contribution in [0.15, 0.2) is 18.2 Å². The van der Waals surface area contributed by atoms with Crippen LogP contribution >= 0.6 is 12.4 Å². The van der Waals surface area contributed by atoms with Gasteiger partial charge in [-0.25, -0.2) is 0 Å². The van der Waals surface area contributed by atoms with E-state index < -0.39 is 0 Å². The maximum atomic E-state index is 12.9. The second-order valence-corrected chi connectivity index (χ2v) is 7.55. The smallest absolute Gasteiger partial charge is 0.253 e. The predicted octanol–water partition coefficient (Wildman–Crippen LogP) is 2.40. The first-order valence-corrected chi connectivity index (χ1v) is 9.34. The van der Waals surface area contributed by atoms with Gasteiger partial charge in [0.15, 0.2) is 0 Å². The molecule has 1 aromatic rings. The number of hydrogen-bond donors (Lipinski definition) is 1. The molecule has 2 saturated heterocycles. The topological polar surface area (TPSA) is 52.7 Å². The Morgan fingerprint density at radius 3 is 2.46 bits per heavy atom. The highest BCUT2D eigenvalue weighted by Crippen LogP contribution is 2.22. The normalized spacial score (nSPS) is 23.3. The lowest BCUT2D eigenvalue weighted by molar-refractivity contribution is -0.139. The van der Waals surface area contributed by atoms with Gasteiger partial charge in [0.05, 0.1) is 5.92 Å². The molecule has 5 nitrogen and oxygen atoms in total. The van der Waals surface area contributed by atoms with Crippen molar-refractivity contribution in [2.24, 2.45) is 5.92 Å². The van der Waals surface area contributed by atoms with Gasteiger partial charge in [0.2, 0.25) is 5.91 Å². The molecule has 1 aromatic carbocycles. The number of piperazine rings is 1. The van der Waals surface area contributed by atoms with Crippen LogP contribution < -0.4 is 5.32 Å². The average Bonchev–Trinajstić information content (AvgIpc) is 2.60. The van der Waals surface area contributed by atoms with Gasteiger partial charge in [-0.1, -0.05) is 17.2 Å². The van der Waals surface area contributed by atoms with Gasteiger partial charge in [0.1, 0.15) is 0 Å². The Kier molecular flexibility index (Phi) is 7.07. The summed E-state index contributed by atoms with van der Waals surface area (Å²) in [5.41, 5.74) is 2.94. The highest BCUT2D eigenvalue weighted by molar-refractivity contribution is 5.95. The number of aryl methyl sites for hydroxylation is 2. The van der Waals surface area contributed by atoms with Gasteiger partial charge in [-0.3, -0.25) is 9.59 Å². The Morgan fingerprint density at radius 1 is 1.12 bits per heavy atom. The number of rotatable bonds is 2. The molecule has 1 N–H and O–H groups in total. The standard InChI is InChI=1S/C20H29N3O2.ClH/c1-14-9-15(2)11-18(10-14)19(24)22-7-4-5-17(13-22)20(25)23-8-6-21-12-16(23)3;/h9-11,16-17,21H,4-8,12-13H2,1-3H3;1H. The number of amides is 2. The fourth-order valence-electron chi connectivity index (χ4n) is 4.05. The second kappa shape index (κ2) is 8.87. The van der Waals surface area contributed by atoms with Crippen LogP contribution in [0.4, 0.5) is 0 Å². The van der Waals surface area contributed by atoms with Crippen molar-refractivity contribution in [1.29, 1.82) is 0 Å². The maximum Gasteiger partial charge on any atom is 0.253 e. The van der Waals surface area contributed by atoms with Crippen LogP contribution in [-0.2, 0) is 4.79 Å². The first-order chi connectivity index (χ1) is 12.0. The number of likely N-dealkylation sites (tertiary alicyclic amines) is 1. The first kappa shape index (κ1) is 20.7. The Labute approximate surface area is 162 Å². The summed E-state index contributed by atoms with van der Waals surface area (Å²) in [6, 6.07) is 6.19. The third kappa shape index (κ3) is 4.57. The largest absolute Gasteiger partial charge is 0.338 e. The number of nitrogens with zero attached hydrogens (tertiary/aromatic N) is 2. The van der Waals surface area contributed by atoms with Crippen molar-refractivity contribution in [3.05, 3.63) is 34.9 Å². The van der Waals surface area contributed by atoms with Crippen molar-refractivity contribution in [2.75, 3.05) is 32.7 Å². The fourth-order valence-corrected chi connectivity index (χ4v) is 4.05. The first-order valence-electron chi connectivity index (χ1n) is 9.34. The van der Waals surface area contributed by atoms with E-state index in [4.69, 9.17) is 0 Å². The summed E-state index contributed by atoms with van der Waals surface area (Å²) in [7, 11) is 0. The second-order valence-electron chi connectivity index (χ2n) is 7.55. The quantitative estimate of drug-likeness (QED) is 0.858. The monoisotopic (exact) mass is 379 g/mol. The minimum atomic E-state index is -0.0656. The summed E-state index contributed by atoms with van der Waals surface area (Å²) in [6.07, 6.45) is 1.78. The summed E-state index contributed by atoms with van der Waals surface area (Å²) in [5.74, 6) is 0.203. The summed E-state index contributed by atoms with van der Waals surface area (Å²) >= 11 is 0. The zero-order chi connectivity index (χ0) is 18.0. The Balaban J connectivity index is 0.00000243. The molecule has 0 radical (unpaired) electrons. The summed E-state index contributed by atoms with van der Waals surface area (Å²) < 4.78 is 0. The molecule has 0 aromatic heterocycles. The van der Waals surface area contributed by atoms with Crippen LogP contribution in [0.1, 0.15) is 41.3 Å². The van der Waals surface area contributed by atoms with Gasteiger partial charge < -0.3 is 15.1 Å². The maximum absolute atomic E-state index is 12.9. The van der Waals surface area contributed by atoms with E-state index in [-0.39, 0.29) is 36.2 Å². The van der Waals surface area contributed by atoms with E-state index in [0.717, 1.165) is 55.7 Å². The summed E-state index contributed by atoms with van der Waals surface area (Å²) in [4.78, 5) is 29.7. The Morgan fingerprint density at radius 2 is 1.81 bits per heavy atom. The molecular formula is C20H30ClN3O2. The number of hydrogen-bond acceptors (Lipinski definition) is 3. The van der Waals surface area contributed by atoms with E-state index in [1.165, 1.54) is 0 Å². The minimum absolute atomic E-state index is 0. The number of piperidine rings is 1. The number of halogens is 1. The molecule has 0 bridgehead atoms. The van der Waals surface area contributed by atoms with Crippen molar-refractivity contribution < 1.29 is 9.59 Å². The summed E-state index contributed by atoms with van der Waals surface area (Å²) in [5, 5.41) is 3.32. The van der Waals surface area contributed by atoms with Crippen molar-refractivity contribution in [1.82, 2.24) is 15.1 Å². The molecule has 3 rings (SSSR count). The Bertz CT molecular complexity index is 644. The van der Waals surface area contributed by atoms with Crippen molar-refractivity contribution in [3.63, 3.8) is 0 Å². The Hall–Kier alpha value is -1.59. The zero-order valence-electron chi connectivity index (χ0n) is 16.0. The van der Waals surface area contributed by atoms with Crippen LogP contribution in [0.25, 0.3) is 0 Å². The molecule has 2 heterocycles. The van der Waals surface area contributed by atoms with Crippen molar-refractivity contribution in [3.8, 4) is 0 Å². The average molecular weight is 380 g/mol. The highest BCUT2D eigenvalue weighted by atomic mass is 35.5. The van der Waals surface area contributed by atoms with Crippen LogP contribution in [0.5, 0.6) is 0 Å². The SMILES string of the molecule is Cc1cc(C)cc(C(=O)N2CCCC(C(=O)N3CCNCC3C)C2)c1.Cl. The van der Waals surface area contributed by atoms with Crippen LogP contribution in [0.3, 0.4) is 0 Å². The third-order valence-corrected chi connectivity index (χ3v) is 5.31. The number of benzene rings is 1. The molecule has 2 fully saturated rings. The van der Waals surface area contributed by atoms with Crippen LogP contribution in [0, 0.1) is 19.8 Å². The minimum Gasteiger partial charge on any atom is -0.338 e. The fraction of sp³-hybridized carbons (Fsp3) is 0.600. The van der Waals surface area contributed by atoms with Crippen molar-refractivity contribution in [2.45, 2.75) is 39.7 Å². The van der Waals surface area contributed by atoms with Crippen LogP contribution in [-0.4, -0.2) is 60.4 Å².